The van der Waals surface area contributed by atoms with Gasteiger partial charge in [-0.05, 0) is 31.4 Å². The zero-order valence-corrected chi connectivity index (χ0v) is 13.2. The largest absolute Gasteiger partial charge is 0.364 e. The average Bonchev–Trinajstić information content (AvgIpc) is 2.53. The van der Waals surface area contributed by atoms with Gasteiger partial charge in [0.15, 0.2) is 0 Å². The third-order valence-corrected chi connectivity index (χ3v) is 3.51. The number of hydrogen-bond donors (Lipinski definition) is 1. The molecule has 0 fully saturated rings. The molecule has 0 heterocycles. The molecule has 0 spiro atoms. The van der Waals surface area contributed by atoms with Gasteiger partial charge >= 0.3 is 0 Å². The van der Waals surface area contributed by atoms with Crippen LogP contribution in [0.15, 0.2) is 54.6 Å². The second-order valence-corrected chi connectivity index (χ2v) is 5.47. The van der Waals surface area contributed by atoms with E-state index in [-0.39, 0.29) is 5.91 Å². The summed E-state index contributed by atoms with van der Waals surface area (Å²) in [6, 6.07) is 18.2. The maximum atomic E-state index is 12.0. The second-order valence-electron chi connectivity index (χ2n) is 5.47. The summed E-state index contributed by atoms with van der Waals surface area (Å²) < 4.78 is 5.60. The van der Waals surface area contributed by atoms with Gasteiger partial charge in [0, 0.05) is 6.54 Å². The Morgan fingerprint density at radius 2 is 1.82 bits per heavy atom. The standard InChI is InChI=1S/C19H23NO2/c1-15-7-6-10-17(13-15)11-12-20-19(21)16(2)22-14-18-8-4-3-5-9-18/h3-10,13,16H,11-12,14H2,1-2H3,(H,20,21). The number of hydrogen-bond acceptors (Lipinski definition) is 2. The topological polar surface area (TPSA) is 38.3 Å². The molecule has 0 radical (unpaired) electrons. The van der Waals surface area contributed by atoms with Gasteiger partial charge in [0.2, 0.25) is 5.91 Å². The van der Waals surface area contributed by atoms with Crippen molar-refractivity contribution in [2.45, 2.75) is 33.0 Å². The van der Waals surface area contributed by atoms with Crippen LogP contribution in [-0.4, -0.2) is 18.6 Å². The highest BCUT2D eigenvalue weighted by Crippen LogP contribution is 2.05. The Hall–Kier alpha value is -2.13. The number of benzene rings is 2. The quantitative estimate of drug-likeness (QED) is 0.852. The van der Waals surface area contributed by atoms with Crippen LogP contribution in [0.2, 0.25) is 0 Å². The average molecular weight is 297 g/mol. The molecule has 0 aliphatic carbocycles. The zero-order chi connectivity index (χ0) is 15.8. The molecule has 2 aromatic rings. The normalized spacial score (nSPS) is 11.9. The van der Waals surface area contributed by atoms with Gasteiger partial charge < -0.3 is 10.1 Å². The van der Waals surface area contributed by atoms with Crippen molar-refractivity contribution in [2.75, 3.05) is 6.54 Å². The third-order valence-electron chi connectivity index (χ3n) is 3.51. The van der Waals surface area contributed by atoms with E-state index in [2.05, 4.69) is 30.4 Å². The highest BCUT2D eigenvalue weighted by molar-refractivity contribution is 5.80. The highest BCUT2D eigenvalue weighted by Gasteiger charge is 2.12. The molecule has 1 N–H and O–H groups in total. The number of carbonyl (C=O) groups is 1. The van der Waals surface area contributed by atoms with Gasteiger partial charge in [-0.25, -0.2) is 0 Å². The van der Waals surface area contributed by atoms with Crippen LogP contribution in [0, 0.1) is 6.92 Å². The summed E-state index contributed by atoms with van der Waals surface area (Å²) in [5.74, 6) is -0.0661. The molecule has 0 bridgehead atoms. The lowest BCUT2D eigenvalue weighted by Crippen LogP contribution is -2.35. The molecule has 0 aliphatic heterocycles. The van der Waals surface area contributed by atoms with Crippen LogP contribution in [0.4, 0.5) is 0 Å². The molecule has 2 aromatic carbocycles. The summed E-state index contributed by atoms with van der Waals surface area (Å²) in [5, 5.41) is 2.92. The van der Waals surface area contributed by atoms with E-state index in [1.165, 1.54) is 11.1 Å². The highest BCUT2D eigenvalue weighted by atomic mass is 16.5. The van der Waals surface area contributed by atoms with E-state index < -0.39 is 6.10 Å². The van der Waals surface area contributed by atoms with Crippen LogP contribution in [0.5, 0.6) is 0 Å². The molecule has 0 saturated heterocycles. The van der Waals surface area contributed by atoms with Crippen LogP contribution in [0.25, 0.3) is 0 Å². The number of carbonyl (C=O) groups excluding carboxylic acids is 1. The molecular formula is C19H23NO2. The molecule has 0 aromatic heterocycles. The molecule has 2 rings (SSSR count). The van der Waals surface area contributed by atoms with Crippen LogP contribution < -0.4 is 5.32 Å². The van der Waals surface area contributed by atoms with E-state index in [0.29, 0.717) is 13.2 Å². The SMILES string of the molecule is Cc1cccc(CCNC(=O)C(C)OCc2ccccc2)c1. The monoisotopic (exact) mass is 297 g/mol. The Morgan fingerprint density at radius 3 is 2.55 bits per heavy atom. The van der Waals surface area contributed by atoms with E-state index in [1.807, 2.05) is 36.4 Å². The minimum atomic E-state index is -0.447. The first kappa shape index (κ1) is 16.2. The summed E-state index contributed by atoms with van der Waals surface area (Å²) in [7, 11) is 0. The molecule has 0 aliphatic rings. The van der Waals surface area contributed by atoms with E-state index in [0.717, 1.165) is 12.0 Å². The lowest BCUT2D eigenvalue weighted by Gasteiger charge is -2.13. The summed E-state index contributed by atoms with van der Waals surface area (Å²) in [4.78, 5) is 12.0. The number of nitrogens with one attached hydrogen (secondary N) is 1. The van der Waals surface area contributed by atoms with Gasteiger partial charge in [-0.2, -0.15) is 0 Å². The summed E-state index contributed by atoms with van der Waals surface area (Å²) >= 11 is 0. The molecule has 1 amide bonds. The van der Waals surface area contributed by atoms with E-state index in [9.17, 15) is 4.79 Å². The van der Waals surface area contributed by atoms with Crippen LogP contribution in [0.3, 0.4) is 0 Å². The maximum absolute atomic E-state index is 12.0. The molecule has 22 heavy (non-hydrogen) atoms. The van der Waals surface area contributed by atoms with Crippen LogP contribution in [0.1, 0.15) is 23.6 Å². The second kappa shape index (κ2) is 8.35. The first-order valence-corrected chi connectivity index (χ1v) is 7.64. The van der Waals surface area contributed by atoms with Crippen LogP contribution in [-0.2, 0) is 22.6 Å². The Labute approximate surface area is 132 Å². The Morgan fingerprint density at radius 1 is 1.09 bits per heavy atom. The number of amides is 1. The van der Waals surface area contributed by atoms with Crippen molar-refractivity contribution in [3.8, 4) is 0 Å². The van der Waals surface area contributed by atoms with Gasteiger partial charge in [0.1, 0.15) is 6.10 Å². The first-order valence-electron chi connectivity index (χ1n) is 7.64. The fraction of sp³-hybridized carbons (Fsp3) is 0.316. The minimum Gasteiger partial charge on any atom is -0.364 e. The molecule has 3 heteroatoms. The third kappa shape index (κ3) is 5.34. The fourth-order valence-electron chi connectivity index (χ4n) is 2.21. The van der Waals surface area contributed by atoms with Crippen LogP contribution >= 0.6 is 0 Å². The lowest BCUT2D eigenvalue weighted by molar-refractivity contribution is -0.132. The Bertz CT molecular complexity index is 595. The van der Waals surface area contributed by atoms with Gasteiger partial charge in [0.05, 0.1) is 6.61 Å². The van der Waals surface area contributed by atoms with Gasteiger partial charge in [-0.1, -0.05) is 60.2 Å². The summed E-state index contributed by atoms with van der Waals surface area (Å²) in [6.07, 6.45) is 0.386. The van der Waals surface area contributed by atoms with E-state index in [1.54, 1.807) is 6.92 Å². The summed E-state index contributed by atoms with van der Waals surface area (Å²) in [6.45, 7) is 4.93. The van der Waals surface area contributed by atoms with Crippen molar-refractivity contribution in [3.63, 3.8) is 0 Å². The molecule has 0 saturated carbocycles. The Balaban J connectivity index is 1.70. The number of rotatable bonds is 7. The van der Waals surface area contributed by atoms with E-state index >= 15 is 0 Å². The smallest absolute Gasteiger partial charge is 0.248 e. The molecule has 1 unspecified atom stereocenters. The lowest BCUT2D eigenvalue weighted by atomic mass is 10.1. The predicted molar refractivity (Wildman–Crippen MR) is 88.6 cm³/mol. The molecule has 3 nitrogen and oxygen atoms in total. The van der Waals surface area contributed by atoms with Crippen molar-refractivity contribution in [1.29, 1.82) is 0 Å². The fourth-order valence-corrected chi connectivity index (χ4v) is 2.21. The Kier molecular flexibility index (Phi) is 6.16. The van der Waals surface area contributed by atoms with Gasteiger partial charge in [-0.3, -0.25) is 4.79 Å². The van der Waals surface area contributed by atoms with E-state index in [4.69, 9.17) is 4.74 Å². The van der Waals surface area contributed by atoms with Crippen molar-refractivity contribution in [1.82, 2.24) is 5.32 Å². The molecule has 1 atom stereocenters. The summed E-state index contributed by atoms with van der Waals surface area (Å²) in [5.41, 5.74) is 3.54. The molecule has 116 valence electrons. The van der Waals surface area contributed by atoms with Gasteiger partial charge in [0.25, 0.3) is 0 Å². The number of aryl methyl sites for hydroxylation is 1. The minimum absolute atomic E-state index is 0.0661. The molecular weight excluding hydrogens is 274 g/mol. The van der Waals surface area contributed by atoms with Crippen molar-refractivity contribution >= 4 is 5.91 Å². The zero-order valence-electron chi connectivity index (χ0n) is 13.2. The predicted octanol–water partition coefficient (Wildman–Crippen LogP) is 3.26. The van der Waals surface area contributed by atoms with Crippen molar-refractivity contribution in [3.05, 3.63) is 71.3 Å². The van der Waals surface area contributed by atoms with Gasteiger partial charge in [-0.15, -0.1) is 0 Å². The number of ether oxygens (including phenoxy) is 1. The maximum Gasteiger partial charge on any atom is 0.248 e. The van der Waals surface area contributed by atoms with Crippen molar-refractivity contribution in [2.24, 2.45) is 0 Å². The first-order chi connectivity index (χ1) is 10.6. The van der Waals surface area contributed by atoms with Crippen molar-refractivity contribution < 1.29 is 9.53 Å².